The van der Waals surface area contributed by atoms with E-state index < -0.39 is 0 Å². The summed E-state index contributed by atoms with van der Waals surface area (Å²) < 4.78 is 2.14. The van der Waals surface area contributed by atoms with Gasteiger partial charge in [-0.1, -0.05) is 6.92 Å². The predicted molar refractivity (Wildman–Crippen MR) is 56.6 cm³/mol. The molecule has 0 amide bonds. The molecule has 0 aromatic carbocycles. The van der Waals surface area contributed by atoms with Crippen molar-refractivity contribution in [1.82, 2.24) is 4.57 Å². The van der Waals surface area contributed by atoms with Crippen molar-refractivity contribution in [3.63, 3.8) is 0 Å². The Morgan fingerprint density at radius 1 is 1.43 bits per heavy atom. The molecule has 0 spiro atoms. The number of aromatic nitrogens is 1. The van der Waals surface area contributed by atoms with Gasteiger partial charge in [0.15, 0.2) is 5.78 Å². The van der Waals surface area contributed by atoms with E-state index in [1.165, 1.54) is 5.56 Å². The average molecular weight is 191 g/mol. The summed E-state index contributed by atoms with van der Waals surface area (Å²) in [4.78, 5) is 11.8. The zero-order chi connectivity index (χ0) is 10.3. The maximum absolute atomic E-state index is 11.8. The lowest BCUT2D eigenvalue weighted by Gasteiger charge is -2.15. The second kappa shape index (κ2) is 3.26. The summed E-state index contributed by atoms with van der Waals surface area (Å²) in [7, 11) is 0. The Balaban J connectivity index is 2.41. The van der Waals surface area contributed by atoms with Gasteiger partial charge in [0.05, 0.1) is 0 Å². The van der Waals surface area contributed by atoms with Gasteiger partial charge in [0.25, 0.3) is 0 Å². The highest BCUT2D eigenvalue weighted by atomic mass is 16.1. The molecular weight excluding hydrogens is 174 g/mol. The maximum Gasteiger partial charge on any atom is 0.167 e. The van der Waals surface area contributed by atoms with Crippen molar-refractivity contribution in [2.45, 2.75) is 39.7 Å². The Morgan fingerprint density at radius 3 is 2.79 bits per heavy atom. The molecule has 0 radical (unpaired) electrons. The van der Waals surface area contributed by atoms with E-state index in [0.29, 0.717) is 11.8 Å². The highest BCUT2D eigenvalue weighted by molar-refractivity contribution is 5.99. The quantitative estimate of drug-likeness (QED) is 0.669. The molecule has 1 atom stereocenters. The molecule has 14 heavy (non-hydrogen) atoms. The van der Waals surface area contributed by atoms with E-state index in [9.17, 15) is 4.79 Å². The van der Waals surface area contributed by atoms with Gasteiger partial charge in [0, 0.05) is 29.9 Å². The third kappa shape index (κ3) is 1.39. The molecule has 1 unspecified atom stereocenters. The number of hydrogen-bond acceptors (Lipinski definition) is 1. The number of rotatable bonds is 1. The number of Topliss-reactive ketones (excluding diaryl/α,β-unsaturated/α-hetero) is 1. The molecule has 2 nitrogen and oxygen atoms in total. The second-order valence-electron chi connectivity index (χ2n) is 4.54. The predicted octanol–water partition coefficient (Wildman–Crippen LogP) is 2.83. The van der Waals surface area contributed by atoms with Crippen molar-refractivity contribution < 1.29 is 4.79 Å². The minimum Gasteiger partial charge on any atom is -0.351 e. The molecule has 0 aliphatic heterocycles. The number of aryl methyl sites for hydroxylation is 1. The monoisotopic (exact) mass is 191 g/mol. The summed E-state index contributed by atoms with van der Waals surface area (Å²) in [5, 5.41) is 0. The third-order valence-electron chi connectivity index (χ3n) is 3.09. The van der Waals surface area contributed by atoms with Crippen LogP contribution in [0, 0.1) is 5.92 Å². The molecule has 1 aliphatic rings. The van der Waals surface area contributed by atoms with Crippen molar-refractivity contribution in [3.8, 4) is 0 Å². The molecule has 1 heterocycles. The lowest BCUT2D eigenvalue weighted by molar-refractivity contribution is 0.0914. The van der Waals surface area contributed by atoms with E-state index in [2.05, 4.69) is 24.6 Å². The van der Waals surface area contributed by atoms with E-state index in [0.717, 1.165) is 18.4 Å². The van der Waals surface area contributed by atoms with Gasteiger partial charge in [-0.15, -0.1) is 0 Å². The molecule has 1 aliphatic carbocycles. The normalized spacial score (nSPS) is 21.4. The topological polar surface area (TPSA) is 22.0 Å². The summed E-state index contributed by atoms with van der Waals surface area (Å²) in [5.41, 5.74) is 2.19. The SMILES string of the molecule is CC1CCc2cn(C(C)C)cc2C1=O. The van der Waals surface area contributed by atoms with Crippen LogP contribution < -0.4 is 0 Å². The van der Waals surface area contributed by atoms with Crippen molar-refractivity contribution in [3.05, 3.63) is 23.5 Å². The Morgan fingerprint density at radius 2 is 2.14 bits per heavy atom. The molecule has 2 rings (SSSR count). The van der Waals surface area contributed by atoms with E-state index in [1.54, 1.807) is 0 Å². The third-order valence-corrected chi connectivity index (χ3v) is 3.09. The molecule has 1 aromatic heterocycles. The molecule has 0 saturated heterocycles. The first-order valence-corrected chi connectivity index (χ1v) is 5.34. The number of carbonyl (C=O) groups is 1. The standard InChI is InChI=1S/C12H17NO/c1-8(2)13-6-10-5-4-9(3)12(14)11(10)7-13/h6-9H,4-5H2,1-3H3. The number of hydrogen-bond donors (Lipinski definition) is 0. The summed E-state index contributed by atoms with van der Waals surface area (Å²) in [6, 6.07) is 0.448. The van der Waals surface area contributed by atoms with Crippen molar-refractivity contribution >= 4 is 5.78 Å². The van der Waals surface area contributed by atoms with Crippen molar-refractivity contribution in [1.29, 1.82) is 0 Å². The van der Waals surface area contributed by atoms with Gasteiger partial charge >= 0.3 is 0 Å². The first-order valence-electron chi connectivity index (χ1n) is 5.34. The smallest absolute Gasteiger partial charge is 0.167 e. The molecule has 2 heteroatoms. The van der Waals surface area contributed by atoms with Gasteiger partial charge in [-0.05, 0) is 32.3 Å². The summed E-state index contributed by atoms with van der Waals surface area (Å²) in [6.45, 7) is 6.30. The number of ketones is 1. The summed E-state index contributed by atoms with van der Waals surface area (Å²) >= 11 is 0. The van der Waals surface area contributed by atoms with Gasteiger partial charge in [-0.25, -0.2) is 0 Å². The Bertz CT molecular complexity index is 362. The van der Waals surface area contributed by atoms with Crippen LogP contribution in [0.3, 0.4) is 0 Å². The first-order chi connectivity index (χ1) is 6.59. The summed E-state index contributed by atoms with van der Waals surface area (Å²) in [6.07, 6.45) is 6.21. The van der Waals surface area contributed by atoms with Crippen LogP contribution in [0.1, 0.15) is 49.2 Å². The van der Waals surface area contributed by atoms with Crippen molar-refractivity contribution in [2.24, 2.45) is 5.92 Å². The molecule has 0 fully saturated rings. The van der Waals surface area contributed by atoms with Gasteiger partial charge < -0.3 is 4.57 Å². The fraction of sp³-hybridized carbons (Fsp3) is 0.583. The van der Waals surface area contributed by atoms with Crippen LogP contribution in [0.15, 0.2) is 12.4 Å². The molecule has 0 bridgehead atoms. The van der Waals surface area contributed by atoms with Gasteiger partial charge in [0.1, 0.15) is 0 Å². The lowest BCUT2D eigenvalue weighted by atomic mass is 9.86. The number of carbonyl (C=O) groups excluding carboxylic acids is 1. The first kappa shape index (κ1) is 9.50. The summed E-state index contributed by atoms with van der Waals surface area (Å²) in [5.74, 6) is 0.538. The fourth-order valence-corrected chi connectivity index (χ4v) is 2.01. The molecule has 0 N–H and O–H groups in total. The molecule has 1 aromatic rings. The van der Waals surface area contributed by atoms with Crippen LogP contribution >= 0.6 is 0 Å². The van der Waals surface area contributed by atoms with Crippen LogP contribution in [-0.2, 0) is 6.42 Å². The minimum atomic E-state index is 0.213. The molecule has 0 saturated carbocycles. The van der Waals surface area contributed by atoms with E-state index >= 15 is 0 Å². The van der Waals surface area contributed by atoms with E-state index in [1.807, 2.05) is 13.1 Å². The van der Waals surface area contributed by atoms with E-state index in [-0.39, 0.29) is 5.92 Å². The van der Waals surface area contributed by atoms with Crippen LogP contribution in [0.4, 0.5) is 0 Å². The largest absolute Gasteiger partial charge is 0.351 e. The minimum absolute atomic E-state index is 0.213. The maximum atomic E-state index is 11.8. The zero-order valence-corrected chi connectivity index (χ0v) is 9.08. The van der Waals surface area contributed by atoms with Gasteiger partial charge in [-0.3, -0.25) is 4.79 Å². The molecule has 76 valence electrons. The van der Waals surface area contributed by atoms with Crippen molar-refractivity contribution in [2.75, 3.05) is 0 Å². The number of nitrogens with zero attached hydrogens (tertiary/aromatic N) is 1. The van der Waals surface area contributed by atoms with Gasteiger partial charge in [-0.2, -0.15) is 0 Å². The number of fused-ring (bicyclic) bond motifs is 1. The van der Waals surface area contributed by atoms with Crippen LogP contribution in [-0.4, -0.2) is 10.4 Å². The highest BCUT2D eigenvalue weighted by Gasteiger charge is 2.25. The zero-order valence-electron chi connectivity index (χ0n) is 9.08. The van der Waals surface area contributed by atoms with Crippen LogP contribution in [0.5, 0.6) is 0 Å². The van der Waals surface area contributed by atoms with E-state index in [4.69, 9.17) is 0 Å². The average Bonchev–Trinajstić information content (AvgIpc) is 2.56. The molecular formula is C12H17NO. The lowest BCUT2D eigenvalue weighted by Crippen LogP contribution is -2.18. The fourth-order valence-electron chi connectivity index (χ4n) is 2.01. The Hall–Kier alpha value is -1.05. The Kier molecular flexibility index (Phi) is 2.22. The Labute approximate surface area is 84.9 Å². The van der Waals surface area contributed by atoms with Crippen LogP contribution in [0.25, 0.3) is 0 Å². The van der Waals surface area contributed by atoms with Gasteiger partial charge in [0.2, 0.25) is 0 Å². The van der Waals surface area contributed by atoms with Crippen LogP contribution in [0.2, 0.25) is 0 Å². The highest BCUT2D eigenvalue weighted by Crippen LogP contribution is 2.27. The second-order valence-corrected chi connectivity index (χ2v) is 4.54.